The smallest absolute Gasteiger partial charge is 0.238 e. The quantitative estimate of drug-likeness (QED) is 0.428. The van der Waals surface area contributed by atoms with Gasteiger partial charge in [-0.2, -0.15) is 5.10 Å². The second kappa shape index (κ2) is 9.54. The maximum absolute atomic E-state index is 11.5. The highest BCUT2D eigenvalue weighted by molar-refractivity contribution is 8.22. The summed E-state index contributed by atoms with van der Waals surface area (Å²) in [6, 6.07) is 18.0. The van der Waals surface area contributed by atoms with E-state index in [9.17, 15) is 13.6 Å². The van der Waals surface area contributed by atoms with Gasteiger partial charge in [-0.25, -0.2) is 23.3 Å². The van der Waals surface area contributed by atoms with Gasteiger partial charge in [0.25, 0.3) is 0 Å². The first-order chi connectivity index (χ1) is 14.3. The van der Waals surface area contributed by atoms with E-state index in [-0.39, 0.29) is 4.90 Å². The summed E-state index contributed by atoms with van der Waals surface area (Å²) in [6.45, 7) is 0. The summed E-state index contributed by atoms with van der Waals surface area (Å²) >= 11 is 6.36. The third-order valence-corrected chi connectivity index (χ3v) is 6.48. The van der Waals surface area contributed by atoms with Crippen LogP contribution in [0.15, 0.2) is 71.6 Å². The predicted molar refractivity (Wildman–Crippen MR) is 124 cm³/mol. The van der Waals surface area contributed by atoms with Gasteiger partial charge < -0.3 is 0 Å². The van der Waals surface area contributed by atoms with Crippen LogP contribution in [0.1, 0.15) is 5.69 Å². The molecule has 0 aliphatic rings. The number of nitrogens with two attached hydrogens (primary N) is 1. The number of thioether (sulfide) groups is 1. The number of primary sulfonamides is 1. The third-order valence-electron chi connectivity index (χ3n) is 4.06. The molecule has 0 aliphatic heterocycles. The van der Waals surface area contributed by atoms with Crippen LogP contribution in [0, 0.1) is 0 Å². The number of hydroxylamine groups is 2. The van der Waals surface area contributed by atoms with Crippen LogP contribution in [0.25, 0.3) is 23.0 Å². The SMILES string of the molecule is CN(O)C(=S)SCC=Cc1cc(-c2ccccc2)n(-c2ccc(S(N)(=O)=O)cc2)n1. The van der Waals surface area contributed by atoms with Crippen molar-refractivity contribution < 1.29 is 13.6 Å². The van der Waals surface area contributed by atoms with Gasteiger partial charge >= 0.3 is 0 Å². The van der Waals surface area contributed by atoms with Crippen molar-refractivity contribution in [1.29, 1.82) is 0 Å². The highest BCUT2D eigenvalue weighted by Gasteiger charge is 2.12. The largest absolute Gasteiger partial charge is 0.287 e. The zero-order valence-electron chi connectivity index (χ0n) is 16.0. The maximum Gasteiger partial charge on any atom is 0.238 e. The minimum atomic E-state index is -3.76. The molecule has 0 bridgehead atoms. The van der Waals surface area contributed by atoms with Crippen LogP contribution in [0.2, 0.25) is 0 Å². The molecule has 0 spiro atoms. The fraction of sp³-hybridized carbons (Fsp3) is 0.100. The van der Waals surface area contributed by atoms with Crippen LogP contribution >= 0.6 is 24.0 Å². The molecule has 2 aromatic carbocycles. The molecule has 0 fully saturated rings. The van der Waals surface area contributed by atoms with E-state index in [0.717, 1.165) is 22.0 Å². The highest BCUT2D eigenvalue weighted by Crippen LogP contribution is 2.25. The molecule has 1 heterocycles. The molecule has 30 heavy (non-hydrogen) atoms. The van der Waals surface area contributed by atoms with E-state index in [1.54, 1.807) is 16.8 Å². The van der Waals surface area contributed by atoms with E-state index in [2.05, 4.69) is 5.10 Å². The fourth-order valence-corrected chi connectivity index (χ4v) is 3.89. The first kappa shape index (κ1) is 22.2. The molecule has 3 N–H and O–H groups in total. The van der Waals surface area contributed by atoms with Gasteiger partial charge in [0, 0.05) is 18.4 Å². The molecule has 0 saturated carbocycles. The number of thiocarbonyl (C=S) groups is 1. The summed E-state index contributed by atoms with van der Waals surface area (Å²) in [7, 11) is -2.28. The van der Waals surface area contributed by atoms with Crippen LogP contribution in [0.5, 0.6) is 0 Å². The minimum Gasteiger partial charge on any atom is -0.287 e. The van der Waals surface area contributed by atoms with Crippen LogP contribution in [-0.4, -0.2) is 45.6 Å². The molecule has 1 aromatic heterocycles. The lowest BCUT2D eigenvalue weighted by Crippen LogP contribution is -2.17. The lowest BCUT2D eigenvalue weighted by Gasteiger charge is -2.08. The zero-order valence-corrected chi connectivity index (χ0v) is 18.5. The molecule has 0 amide bonds. The second-order valence-electron chi connectivity index (χ2n) is 6.27. The molecule has 10 heteroatoms. The number of hydrogen-bond acceptors (Lipinski definition) is 6. The standard InChI is InChI=1S/C20H20N4O3S3/c1-23(25)20(28)29-13-5-8-16-14-19(15-6-3-2-4-7-15)24(22-16)17-9-11-18(12-10-17)30(21,26)27/h2-12,14,25H,13H2,1H3,(H2,21,26,27). The molecule has 0 atom stereocenters. The van der Waals surface area contributed by atoms with Crippen molar-refractivity contribution >= 4 is 44.4 Å². The zero-order chi connectivity index (χ0) is 21.7. The molecule has 0 unspecified atom stereocenters. The van der Waals surface area contributed by atoms with Crippen LogP contribution in [0.3, 0.4) is 0 Å². The molecular formula is C20H20N4O3S3. The maximum atomic E-state index is 11.5. The normalized spacial score (nSPS) is 11.7. The summed E-state index contributed by atoms with van der Waals surface area (Å²) in [4.78, 5) is 0.0432. The summed E-state index contributed by atoms with van der Waals surface area (Å²) in [5.41, 5.74) is 3.26. The lowest BCUT2D eigenvalue weighted by molar-refractivity contribution is 0.0205. The monoisotopic (exact) mass is 460 g/mol. The lowest BCUT2D eigenvalue weighted by atomic mass is 10.1. The minimum absolute atomic E-state index is 0.0432. The van der Waals surface area contributed by atoms with E-state index in [1.807, 2.05) is 48.6 Å². The Bertz CT molecular complexity index is 1160. The van der Waals surface area contributed by atoms with Gasteiger partial charge in [-0.05, 0) is 36.4 Å². The van der Waals surface area contributed by atoms with Gasteiger partial charge in [0.1, 0.15) is 0 Å². The van der Waals surface area contributed by atoms with Crippen LogP contribution in [0.4, 0.5) is 0 Å². The topological polar surface area (TPSA) is 101 Å². The van der Waals surface area contributed by atoms with E-state index in [4.69, 9.17) is 17.4 Å². The third kappa shape index (κ3) is 5.55. The number of aromatic nitrogens is 2. The predicted octanol–water partition coefficient (Wildman–Crippen LogP) is 3.54. The number of nitrogens with zero attached hydrogens (tertiary/aromatic N) is 3. The summed E-state index contributed by atoms with van der Waals surface area (Å²) < 4.78 is 25.2. The first-order valence-corrected chi connectivity index (χ1v) is 11.7. The Morgan fingerprint density at radius 1 is 1.23 bits per heavy atom. The number of benzene rings is 2. The van der Waals surface area contributed by atoms with Crippen LogP contribution in [-0.2, 0) is 10.0 Å². The summed E-state index contributed by atoms with van der Waals surface area (Å²) in [5.74, 6) is 0.584. The van der Waals surface area contributed by atoms with Gasteiger partial charge in [-0.1, -0.05) is 60.4 Å². The molecule has 156 valence electrons. The van der Waals surface area contributed by atoms with Crippen LogP contribution < -0.4 is 5.14 Å². The highest BCUT2D eigenvalue weighted by atomic mass is 32.2. The van der Waals surface area contributed by atoms with Crippen molar-refractivity contribution in [1.82, 2.24) is 14.8 Å². The second-order valence-corrected chi connectivity index (χ2v) is 9.49. The van der Waals surface area contributed by atoms with Gasteiger partial charge in [-0.15, -0.1) is 0 Å². The van der Waals surface area contributed by atoms with Crippen molar-refractivity contribution in [2.75, 3.05) is 12.8 Å². The number of rotatable bonds is 6. The van der Waals surface area contributed by atoms with E-state index >= 15 is 0 Å². The van der Waals surface area contributed by atoms with E-state index < -0.39 is 10.0 Å². The molecule has 0 aliphatic carbocycles. The molecule has 0 saturated heterocycles. The first-order valence-electron chi connectivity index (χ1n) is 8.80. The fourth-order valence-electron chi connectivity index (χ4n) is 2.65. The average molecular weight is 461 g/mol. The Morgan fingerprint density at radius 3 is 2.50 bits per heavy atom. The van der Waals surface area contributed by atoms with Gasteiger partial charge in [-0.3, -0.25) is 5.21 Å². The Morgan fingerprint density at radius 2 is 1.90 bits per heavy atom. The van der Waals surface area contributed by atoms with Crippen molar-refractivity contribution in [2.45, 2.75) is 4.90 Å². The summed E-state index contributed by atoms with van der Waals surface area (Å²) in [5, 5.41) is 20.0. The Hall–Kier alpha value is -2.50. The van der Waals surface area contributed by atoms with Crippen molar-refractivity contribution in [2.24, 2.45) is 5.14 Å². The Labute approximate surface area is 184 Å². The van der Waals surface area contributed by atoms with E-state index in [1.165, 1.54) is 30.9 Å². The summed E-state index contributed by atoms with van der Waals surface area (Å²) in [6.07, 6.45) is 3.78. The number of sulfonamides is 1. The van der Waals surface area contributed by atoms with Crippen molar-refractivity contribution in [3.05, 3.63) is 72.4 Å². The van der Waals surface area contributed by atoms with Gasteiger partial charge in [0.05, 0.1) is 22.0 Å². The Balaban J connectivity index is 1.92. The van der Waals surface area contributed by atoms with Crippen molar-refractivity contribution in [3.63, 3.8) is 0 Å². The molecular weight excluding hydrogens is 440 g/mol. The van der Waals surface area contributed by atoms with E-state index in [0.29, 0.717) is 15.8 Å². The molecule has 7 nitrogen and oxygen atoms in total. The Kier molecular flexibility index (Phi) is 7.06. The number of hydrogen-bond donors (Lipinski definition) is 2. The molecule has 0 radical (unpaired) electrons. The van der Waals surface area contributed by atoms with Crippen molar-refractivity contribution in [3.8, 4) is 16.9 Å². The van der Waals surface area contributed by atoms with Gasteiger partial charge in [0.2, 0.25) is 10.0 Å². The van der Waals surface area contributed by atoms with Gasteiger partial charge in [0.15, 0.2) is 4.32 Å². The molecule has 3 aromatic rings. The average Bonchev–Trinajstić information content (AvgIpc) is 3.15. The molecule has 3 rings (SSSR count).